The maximum absolute atomic E-state index is 5.34. The van der Waals surface area contributed by atoms with Gasteiger partial charge in [0.1, 0.15) is 5.75 Å². The van der Waals surface area contributed by atoms with Crippen molar-refractivity contribution < 1.29 is 13.9 Å². The van der Waals surface area contributed by atoms with E-state index in [-0.39, 0.29) is 6.04 Å². The summed E-state index contributed by atoms with van der Waals surface area (Å²) in [6, 6.07) is 8.39. The molecule has 0 fully saturated rings. The van der Waals surface area contributed by atoms with E-state index >= 15 is 0 Å². The molecule has 2 rings (SSSR count). The van der Waals surface area contributed by atoms with Crippen LogP contribution in [0.3, 0.4) is 0 Å². The number of nitrogens with one attached hydrogen (secondary N) is 1. The lowest BCUT2D eigenvalue weighted by atomic mass is 10.0. The van der Waals surface area contributed by atoms with Gasteiger partial charge in [0.05, 0.1) is 26.2 Å². The molecule has 1 unspecified atom stereocenters. The number of hydrogen-bond acceptors (Lipinski definition) is 4. The Balaban J connectivity index is 2.05. The molecule has 0 saturated carbocycles. The predicted molar refractivity (Wildman–Crippen MR) is 77.7 cm³/mol. The molecule has 0 bridgehead atoms. The van der Waals surface area contributed by atoms with Gasteiger partial charge < -0.3 is 19.2 Å². The summed E-state index contributed by atoms with van der Waals surface area (Å²) in [5.41, 5.74) is 3.41. The van der Waals surface area contributed by atoms with Crippen molar-refractivity contribution in [3.05, 3.63) is 53.5 Å². The summed E-state index contributed by atoms with van der Waals surface area (Å²) in [5, 5.41) is 3.47. The Labute approximate surface area is 119 Å². The first-order valence-electron chi connectivity index (χ1n) is 6.64. The van der Waals surface area contributed by atoms with Crippen LogP contribution >= 0.6 is 0 Å². The fourth-order valence-corrected chi connectivity index (χ4v) is 2.12. The molecule has 2 aromatic rings. The summed E-state index contributed by atoms with van der Waals surface area (Å²) in [6.45, 7) is 3.47. The molecule has 1 aromatic carbocycles. The Bertz CT molecular complexity index is 523. The van der Waals surface area contributed by atoms with Crippen LogP contribution in [0.1, 0.15) is 29.7 Å². The van der Waals surface area contributed by atoms with E-state index in [2.05, 4.69) is 24.4 Å². The maximum atomic E-state index is 5.34. The summed E-state index contributed by atoms with van der Waals surface area (Å²) in [5.74, 6) is 0.859. The number of methoxy groups -OCH3 is 2. The molecule has 20 heavy (non-hydrogen) atoms. The van der Waals surface area contributed by atoms with Gasteiger partial charge in [-0.2, -0.15) is 0 Å². The quantitative estimate of drug-likeness (QED) is 0.842. The first-order chi connectivity index (χ1) is 9.74. The van der Waals surface area contributed by atoms with Crippen molar-refractivity contribution in [2.75, 3.05) is 14.2 Å². The fourth-order valence-electron chi connectivity index (χ4n) is 2.12. The monoisotopic (exact) mass is 275 g/mol. The van der Waals surface area contributed by atoms with E-state index in [0.29, 0.717) is 6.61 Å². The average Bonchev–Trinajstić information content (AvgIpc) is 2.98. The molecule has 0 amide bonds. The molecule has 0 aliphatic rings. The lowest BCUT2D eigenvalue weighted by Crippen LogP contribution is -2.18. The van der Waals surface area contributed by atoms with Gasteiger partial charge in [-0.25, -0.2) is 0 Å². The zero-order valence-electron chi connectivity index (χ0n) is 12.2. The second-order valence-electron chi connectivity index (χ2n) is 4.74. The van der Waals surface area contributed by atoms with E-state index in [1.54, 1.807) is 26.7 Å². The van der Waals surface area contributed by atoms with Crippen molar-refractivity contribution in [1.82, 2.24) is 5.32 Å². The van der Waals surface area contributed by atoms with Crippen LogP contribution in [-0.2, 0) is 17.9 Å². The minimum atomic E-state index is 0.242. The SMILES string of the molecule is COCc1cc(C(C)NCc2ccoc2)ccc1OC. The number of hydrogen-bond donors (Lipinski definition) is 1. The van der Waals surface area contributed by atoms with Crippen molar-refractivity contribution in [2.45, 2.75) is 26.1 Å². The van der Waals surface area contributed by atoms with E-state index in [1.807, 2.05) is 12.1 Å². The Morgan fingerprint density at radius 3 is 2.75 bits per heavy atom. The average molecular weight is 275 g/mol. The third-order valence-electron chi connectivity index (χ3n) is 3.30. The largest absolute Gasteiger partial charge is 0.496 e. The van der Waals surface area contributed by atoms with Crippen molar-refractivity contribution in [1.29, 1.82) is 0 Å². The molecular formula is C16H21NO3. The third-order valence-corrected chi connectivity index (χ3v) is 3.30. The summed E-state index contributed by atoms with van der Waals surface area (Å²) in [7, 11) is 3.36. The lowest BCUT2D eigenvalue weighted by molar-refractivity contribution is 0.181. The van der Waals surface area contributed by atoms with Crippen molar-refractivity contribution in [3.63, 3.8) is 0 Å². The molecule has 1 aromatic heterocycles. The van der Waals surface area contributed by atoms with Crippen LogP contribution in [0.15, 0.2) is 41.2 Å². The normalized spacial score (nSPS) is 12.3. The van der Waals surface area contributed by atoms with Gasteiger partial charge >= 0.3 is 0 Å². The Morgan fingerprint density at radius 2 is 2.10 bits per heavy atom. The molecule has 4 heteroatoms. The summed E-state index contributed by atoms with van der Waals surface area (Å²) in [6.07, 6.45) is 3.44. The Kier molecular flexibility index (Phi) is 5.21. The Morgan fingerprint density at radius 1 is 1.25 bits per heavy atom. The van der Waals surface area contributed by atoms with Crippen molar-refractivity contribution in [2.24, 2.45) is 0 Å². The molecule has 0 radical (unpaired) electrons. The third kappa shape index (κ3) is 3.62. The van der Waals surface area contributed by atoms with E-state index in [0.717, 1.165) is 23.4 Å². The van der Waals surface area contributed by atoms with Gasteiger partial charge in [0.25, 0.3) is 0 Å². The standard InChI is InChI=1S/C16H21NO3/c1-12(17-9-13-6-7-20-10-13)14-4-5-16(19-3)15(8-14)11-18-2/h4-8,10,12,17H,9,11H2,1-3H3. The molecule has 1 atom stereocenters. The highest BCUT2D eigenvalue weighted by Crippen LogP contribution is 2.24. The summed E-state index contributed by atoms with van der Waals surface area (Å²) in [4.78, 5) is 0. The van der Waals surface area contributed by atoms with Crippen LogP contribution in [0, 0.1) is 0 Å². The highest BCUT2D eigenvalue weighted by molar-refractivity contribution is 5.38. The Hall–Kier alpha value is -1.78. The van der Waals surface area contributed by atoms with Crippen LogP contribution in [0.4, 0.5) is 0 Å². The number of rotatable bonds is 7. The molecule has 108 valence electrons. The summed E-state index contributed by atoms with van der Waals surface area (Å²) >= 11 is 0. The van der Waals surface area contributed by atoms with Crippen LogP contribution in [0.25, 0.3) is 0 Å². The summed E-state index contributed by atoms with van der Waals surface area (Å²) < 4.78 is 15.6. The number of benzene rings is 1. The van der Waals surface area contributed by atoms with Crippen LogP contribution in [0.5, 0.6) is 5.75 Å². The number of furan rings is 1. The highest BCUT2D eigenvalue weighted by Gasteiger charge is 2.09. The van der Waals surface area contributed by atoms with E-state index in [9.17, 15) is 0 Å². The molecule has 0 aliphatic heterocycles. The second kappa shape index (κ2) is 7.12. The minimum Gasteiger partial charge on any atom is -0.496 e. The van der Waals surface area contributed by atoms with E-state index < -0.39 is 0 Å². The van der Waals surface area contributed by atoms with Gasteiger partial charge in [0, 0.05) is 30.8 Å². The first kappa shape index (κ1) is 14.6. The van der Waals surface area contributed by atoms with Crippen LogP contribution in [-0.4, -0.2) is 14.2 Å². The molecule has 0 spiro atoms. The molecule has 4 nitrogen and oxygen atoms in total. The minimum absolute atomic E-state index is 0.242. The zero-order chi connectivity index (χ0) is 14.4. The van der Waals surface area contributed by atoms with Gasteiger partial charge in [-0.15, -0.1) is 0 Å². The van der Waals surface area contributed by atoms with Gasteiger partial charge in [0.15, 0.2) is 0 Å². The smallest absolute Gasteiger partial charge is 0.124 e. The van der Waals surface area contributed by atoms with Crippen LogP contribution in [0.2, 0.25) is 0 Å². The second-order valence-corrected chi connectivity index (χ2v) is 4.74. The van der Waals surface area contributed by atoms with Gasteiger partial charge in [-0.1, -0.05) is 6.07 Å². The predicted octanol–water partition coefficient (Wildman–Crippen LogP) is 3.29. The topological polar surface area (TPSA) is 43.6 Å². The van der Waals surface area contributed by atoms with Crippen molar-refractivity contribution in [3.8, 4) is 5.75 Å². The molecule has 1 N–H and O–H groups in total. The molecular weight excluding hydrogens is 254 g/mol. The maximum Gasteiger partial charge on any atom is 0.124 e. The fraction of sp³-hybridized carbons (Fsp3) is 0.375. The molecule has 1 heterocycles. The zero-order valence-corrected chi connectivity index (χ0v) is 12.2. The highest BCUT2D eigenvalue weighted by atomic mass is 16.5. The van der Waals surface area contributed by atoms with Gasteiger partial charge in [0.2, 0.25) is 0 Å². The van der Waals surface area contributed by atoms with Crippen molar-refractivity contribution >= 4 is 0 Å². The number of ether oxygens (including phenoxy) is 2. The van der Waals surface area contributed by atoms with E-state index in [4.69, 9.17) is 13.9 Å². The van der Waals surface area contributed by atoms with Gasteiger partial charge in [-0.05, 0) is 30.7 Å². The molecule has 0 aliphatic carbocycles. The first-order valence-corrected chi connectivity index (χ1v) is 6.64. The van der Waals surface area contributed by atoms with Crippen LogP contribution < -0.4 is 10.1 Å². The molecule has 0 saturated heterocycles. The van der Waals surface area contributed by atoms with E-state index in [1.165, 1.54) is 5.56 Å². The lowest BCUT2D eigenvalue weighted by Gasteiger charge is -2.16. The van der Waals surface area contributed by atoms with Gasteiger partial charge in [-0.3, -0.25) is 0 Å².